The first-order valence-corrected chi connectivity index (χ1v) is 3.86. The van der Waals surface area contributed by atoms with Crippen molar-refractivity contribution in [2.45, 2.75) is 20.8 Å². The Morgan fingerprint density at radius 3 is 2.11 bits per heavy atom. The number of halogens is 1. The van der Waals surface area contributed by atoms with Crippen LogP contribution in [-0.2, 0) is 0 Å². The van der Waals surface area contributed by atoms with Gasteiger partial charge in [-0.3, -0.25) is 0 Å². The molecule has 0 aromatic heterocycles. The monoisotopic (exact) mass is 188 g/mol. The summed E-state index contributed by atoms with van der Waals surface area (Å²) in [4.78, 5) is 0. The molecular formula is C8H13Br. The molecule has 9 heavy (non-hydrogen) atoms. The third-order valence-electron chi connectivity index (χ3n) is 1.13. The molecule has 52 valence electrons. The van der Waals surface area contributed by atoms with Crippen molar-refractivity contribution in [1.82, 2.24) is 0 Å². The minimum Gasteiger partial charge on any atom is -0.0955 e. The summed E-state index contributed by atoms with van der Waals surface area (Å²) in [6, 6.07) is 0. The molecule has 0 saturated carbocycles. The maximum Gasteiger partial charge on any atom is -0.00778 e. The maximum atomic E-state index is 3.89. The van der Waals surface area contributed by atoms with Gasteiger partial charge in [0.05, 0.1) is 0 Å². The fourth-order valence-corrected chi connectivity index (χ4v) is 0.716. The van der Waals surface area contributed by atoms with Crippen molar-refractivity contribution in [3.8, 4) is 0 Å². The highest BCUT2D eigenvalue weighted by atomic mass is 79.9. The summed E-state index contributed by atoms with van der Waals surface area (Å²) in [5.74, 6) is 0.553. The van der Waals surface area contributed by atoms with Gasteiger partial charge in [0.25, 0.3) is 0 Å². The molecule has 0 aromatic carbocycles. The molecule has 0 nitrogen and oxygen atoms in total. The second-order valence-electron chi connectivity index (χ2n) is 2.46. The van der Waals surface area contributed by atoms with Crippen LogP contribution in [0.2, 0.25) is 0 Å². The summed E-state index contributed by atoms with van der Waals surface area (Å²) in [6.07, 6.45) is 2.05. The molecule has 0 atom stereocenters. The first-order chi connectivity index (χ1) is 4.04. The van der Waals surface area contributed by atoms with Crippen LogP contribution in [0.15, 0.2) is 22.7 Å². The number of allylic oxidation sites excluding steroid dienone is 3. The van der Waals surface area contributed by atoms with E-state index in [0.29, 0.717) is 5.92 Å². The Hall–Kier alpha value is -0.0400. The molecule has 0 N–H and O–H groups in total. The van der Waals surface area contributed by atoms with E-state index >= 15 is 0 Å². The van der Waals surface area contributed by atoms with Gasteiger partial charge < -0.3 is 0 Å². The summed E-state index contributed by atoms with van der Waals surface area (Å²) in [5.41, 5.74) is 1.17. The molecule has 0 amide bonds. The molecule has 0 aliphatic rings. The van der Waals surface area contributed by atoms with Crippen LogP contribution < -0.4 is 0 Å². The predicted octanol–water partition coefficient (Wildman–Crippen LogP) is 3.50. The molecule has 0 spiro atoms. The van der Waals surface area contributed by atoms with Crippen LogP contribution in [-0.4, -0.2) is 0 Å². The van der Waals surface area contributed by atoms with E-state index in [-0.39, 0.29) is 0 Å². The lowest BCUT2D eigenvalue weighted by atomic mass is 10.1. The van der Waals surface area contributed by atoms with Gasteiger partial charge in [0, 0.05) is 0 Å². The molecule has 0 unspecified atom stereocenters. The summed E-state index contributed by atoms with van der Waals surface area (Å²) >= 11 is 3.34. The van der Waals surface area contributed by atoms with Crippen molar-refractivity contribution in [2.24, 2.45) is 5.92 Å². The number of hydrogen-bond acceptors (Lipinski definition) is 0. The standard InChI is InChI=1S/C8H13Br/c1-6(2)7(3)5-8(4)9/h5-6H,3H2,1-2,4H3/b8-5+. The molecule has 0 aromatic rings. The average Bonchev–Trinajstić information content (AvgIpc) is 1.63. The van der Waals surface area contributed by atoms with Crippen LogP contribution >= 0.6 is 15.9 Å². The van der Waals surface area contributed by atoms with Crippen LogP contribution in [0.1, 0.15) is 20.8 Å². The molecule has 0 bridgehead atoms. The molecule has 0 aliphatic heterocycles. The van der Waals surface area contributed by atoms with Gasteiger partial charge in [0.1, 0.15) is 0 Å². The van der Waals surface area contributed by atoms with Crippen molar-refractivity contribution >= 4 is 15.9 Å². The van der Waals surface area contributed by atoms with Crippen molar-refractivity contribution in [3.63, 3.8) is 0 Å². The van der Waals surface area contributed by atoms with Gasteiger partial charge in [-0.25, -0.2) is 0 Å². The first-order valence-electron chi connectivity index (χ1n) is 3.06. The van der Waals surface area contributed by atoms with Crippen molar-refractivity contribution < 1.29 is 0 Å². The van der Waals surface area contributed by atoms with Gasteiger partial charge >= 0.3 is 0 Å². The SMILES string of the molecule is C=C(/C=C(\C)Br)C(C)C. The van der Waals surface area contributed by atoms with E-state index in [1.807, 2.05) is 13.0 Å². The number of hydrogen-bond donors (Lipinski definition) is 0. The molecule has 0 heterocycles. The summed E-state index contributed by atoms with van der Waals surface area (Å²) in [7, 11) is 0. The molecule has 0 saturated heterocycles. The van der Waals surface area contributed by atoms with Gasteiger partial charge in [-0.15, -0.1) is 0 Å². The van der Waals surface area contributed by atoms with E-state index in [1.54, 1.807) is 0 Å². The first kappa shape index (κ1) is 8.96. The fraction of sp³-hybridized carbons (Fsp3) is 0.500. The second-order valence-corrected chi connectivity index (χ2v) is 3.71. The van der Waals surface area contributed by atoms with E-state index in [9.17, 15) is 0 Å². The predicted molar refractivity (Wildman–Crippen MR) is 46.7 cm³/mol. The highest BCUT2D eigenvalue weighted by Gasteiger charge is 1.94. The normalized spacial score (nSPS) is 12.3. The fourth-order valence-electron chi connectivity index (χ4n) is 0.422. The van der Waals surface area contributed by atoms with E-state index in [2.05, 4.69) is 36.4 Å². The van der Waals surface area contributed by atoms with Crippen molar-refractivity contribution in [1.29, 1.82) is 0 Å². The van der Waals surface area contributed by atoms with Crippen LogP contribution in [0, 0.1) is 5.92 Å². The average molecular weight is 189 g/mol. The lowest BCUT2D eigenvalue weighted by Gasteiger charge is -2.02. The Balaban J connectivity index is 3.93. The van der Waals surface area contributed by atoms with Crippen molar-refractivity contribution in [2.75, 3.05) is 0 Å². The largest absolute Gasteiger partial charge is 0.0955 e. The van der Waals surface area contributed by atoms with Crippen molar-refractivity contribution in [3.05, 3.63) is 22.7 Å². The molecule has 0 fully saturated rings. The quantitative estimate of drug-likeness (QED) is 0.583. The zero-order valence-electron chi connectivity index (χ0n) is 6.24. The lowest BCUT2D eigenvalue weighted by Crippen LogP contribution is -1.87. The summed E-state index contributed by atoms with van der Waals surface area (Å²) < 4.78 is 1.14. The Bertz CT molecular complexity index is 128. The summed E-state index contributed by atoms with van der Waals surface area (Å²) in [6.45, 7) is 10.2. The Morgan fingerprint density at radius 1 is 1.56 bits per heavy atom. The molecular weight excluding hydrogens is 176 g/mol. The third-order valence-corrected chi connectivity index (χ3v) is 1.35. The zero-order chi connectivity index (χ0) is 7.44. The molecule has 0 aliphatic carbocycles. The molecule has 1 heteroatoms. The summed E-state index contributed by atoms with van der Waals surface area (Å²) in [5, 5.41) is 0. The third kappa shape index (κ3) is 4.46. The zero-order valence-corrected chi connectivity index (χ0v) is 7.83. The highest BCUT2D eigenvalue weighted by molar-refractivity contribution is 9.11. The van der Waals surface area contributed by atoms with Crippen LogP contribution in [0.25, 0.3) is 0 Å². The van der Waals surface area contributed by atoms with Gasteiger partial charge in [0.2, 0.25) is 0 Å². The van der Waals surface area contributed by atoms with E-state index in [0.717, 1.165) is 4.48 Å². The van der Waals surface area contributed by atoms with Crippen LogP contribution in [0.4, 0.5) is 0 Å². The van der Waals surface area contributed by atoms with Crippen LogP contribution in [0.3, 0.4) is 0 Å². The lowest BCUT2D eigenvalue weighted by molar-refractivity contribution is 0.795. The Kier molecular flexibility index (Phi) is 3.87. The minimum absolute atomic E-state index is 0.553. The highest BCUT2D eigenvalue weighted by Crippen LogP contribution is 2.13. The van der Waals surface area contributed by atoms with E-state index < -0.39 is 0 Å². The van der Waals surface area contributed by atoms with Gasteiger partial charge in [-0.1, -0.05) is 41.9 Å². The van der Waals surface area contributed by atoms with Crippen LogP contribution in [0.5, 0.6) is 0 Å². The van der Waals surface area contributed by atoms with Gasteiger partial charge in [-0.05, 0) is 23.4 Å². The Morgan fingerprint density at radius 2 is 2.00 bits per heavy atom. The van der Waals surface area contributed by atoms with Gasteiger partial charge in [0.15, 0.2) is 0 Å². The van der Waals surface area contributed by atoms with E-state index in [1.165, 1.54) is 5.57 Å². The maximum absolute atomic E-state index is 3.89. The Labute approximate surface area is 65.8 Å². The smallest absolute Gasteiger partial charge is 0.00778 e. The second kappa shape index (κ2) is 3.89. The topological polar surface area (TPSA) is 0 Å². The van der Waals surface area contributed by atoms with Gasteiger partial charge in [-0.2, -0.15) is 0 Å². The van der Waals surface area contributed by atoms with E-state index in [4.69, 9.17) is 0 Å². The molecule has 0 rings (SSSR count). The molecule has 0 radical (unpaired) electrons. The number of rotatable bonds is 2. The minimum atomic E-state index is 0.553.